The molecule has 0 heterocycles. The van der Waals surface area contributed by atoms with Gasteiger partial charge in [0.05, 0.1) is 0 Å². The van der Waals surface area contributed by atoms with Crippen LogP contribution in [0.1, 0.15) is 59.3 Å². The molecule has 0 N–H and O–H groups in total. The average Bonchev–Trinajstić information content (AvgIpc) is 2.84. The Hall–Kier alpha value is -2.17. The Labute approximate surface area is 207 Å². The first kappa shape index (κ1) is 24.9. The minimum atomic E-state index is -2.53. The monoisotopic (exact) mass is 475 g/mol. The highest BCUT2D eigenvalue weighted by Gasteiger charge is 2.55. The summed E-state index contributed by atoms with van der Waals surface area (Å²) in [4.78, 5) is 15.0. The highest BCUT2D eigenvalue weighted by atomic mass is 28.4. The second-order valence-corrected chi connectivity index (χ2v) is 16.2. The number of carbonyl (C=O) groups excluding carboxylic acids is 1. The van der Waals surface area contributed by atoms with Crippen LogP contribution in [0, 0.1) is 10.8 Å². The minimum Gasteiger partial charge on any atom is -0.407 e. The Morgan fingerprint density at radius 2 is 1.35 bits per heavy atom. The maximum Gasteiger partial charge on any atom is 0.261 e. The Balaban J connectivity index is 1.60. The lowest BCUT2D eigenvalue weighted by Gasteiger charge is -2.54. The SMILES string of the molecule is CN(C)/C=C\C(=O)C12CCC(CO[Si](c3ccccc3)(c3ccccc3)C(C)(C)C)(CC1)CC2. The third kappa shape index (κ3) is 4.55. The van der Waals surface area contributed by atoms with E-state index in [2.05, 4.69) is 81.4 Å². The summed E-state index contributed by atoms with van der Waals surface area (Å²) in [6, 6.07) is 21.9. The Morgan fingerprint density at radius 3 is 1.76 bits per heavy atom. The van der Waals surface area contributed by atoms with E-state index in [-0.39, 0.29) is 15.9 Å². The van der Waals surface area contributed by atoms with Gasteiger partial charge >= 0.3 is 0 Å². The minimum absolute atomic E-state index is 0.00756. The van der Waals surface area contributed by atoms with Gasteiger partial charge in [-0.15, -0.1) is 0 Å². The molecule has 0 saturated heterocycles. The van der Waals surface area contributed by atoms with Gasteiger partial charge < -0.3 is 9.33 Å². The number of fused-ring (bicyclic) bond motifs is 3. The molecule has 182 valence electrons. The van der Waals surface area contributed by atoms with Crippen LogP contribution in [0.15, 0.2) is 72.9 Å². The summed E-state index contributed by atoms with van der Waals surface area (Å²) in [5.74, 6) is 0.322. The highest BCUT2D eigenvalue weighted by molar-refractivity contribution is 6.99. The lowest BCUT2D eigenvalue weighted by Crippen LogP contribution is -2.67. The zero-order valence-electron chi connectivity index (χ0n) is 21.6. The second-order valence-electron chi connectivity index (χ2n) is 11.9. The van der Waals surface area contributed by atoms with Crippen molar-refractivity contribution in [3.63, 3.8) is 0 Å². The van der Waals surface area contributed by atoms with Crippen molar-refractivity contribution in [3.05, 3.63) is 72.9 Å². The lowest BCUT2D eigenvalue weighted by molar-refractivity contribution is -0.134. The quantitative estimate of drug-likeness (QED) is 0.370. The van der Waals surface area contributed by atoms with E-state index in [1.807, 2.05) is 25.2 Å². The van der Waals surface area contributed by atoms with Crippen molar-refractivity contribution in [2.24, 2.45) is 10.8 Å². The van der Waals surface area contributed by atoms with E-state index < -0.39 is 8.32 Å². The van der Waals surface area contributed by atoms with Gasteiger partial charge in [-0.3, -0.25) is 4.79 Å². The summed E-state index contributed by atoms with van der Waals surface area (Å²) >= 11 is 0. The van der Waals surface area contributed by atoms with Gasteiger partial charge in [0.2, 0.25) is 0 Å². The Kier molecular flexibility index (Phi) is 6.94. The van der Waals surface area contributed by atoms with Crippen molar-refractivity contribution in [3.8, 4) is 0 Å². The number of allylic oxidation sites excluding steroid dienone is 1. The van der Waals surface area contributed by atoms with Crippen molar-refractivity contribution >= 4 is 24.5 Å². The molecular weight excluding hydrogens is 434 g/mol. The lowest BCUT2D eigenvalue weighted by atomic mass is 9.53. The second kappa shape index (κ2) is 9.47. The predicted octanol–water partition coefficient (Wildman–Crippen LogP) is 5.55. The van der Waals surface area contributed by atoms with Crippen LogP contribution in [-0.4, -0.2) is 39.7 Å². The summed E-state index contributed by atoms with van der Waals surface area (Å²) in [5.41, 5.74) is 0.0476. The maximum absolute atomic E-state index is 13.1. The van der Waals surface area contributed by atoms with E-state index in [0.717, 1.165) is 45.1 Å². The van der Waals surface area contributed by atoms with Crippen molar-refractivity contribution in [2.75, 3.05) is 20.7 Å². The molecule has 3 nitrogen and oxygen atoms in total. The van der Waals surface area contributed by atoms with E-state index in [1.165, 1.54) is 10.4 Å². The fourth-order valence-electron chi connectivity index (χ4n) is 6.27. The van der Waals surface area contributed by atoms with Gasteiger partial charge in [-0.1, -0.05) is 81.4 Å². The molecule has 2 aromatic rings. The zero-order chi connectivity index (χ0) is 24.5. The normalized spacial score (nSPS) is 25.0. The molecule has 4 heteroatoms. The first-order valence-electron chi connectivity index (χ1n) is 12.8. The molecular formula is C30H41NO2Si. The Morgan fingerprint density at radius 1 is 0.882 bits per heavy atom. The molecule has 3 saturated carbocycles. The molecule has 0 aliphatic heterocycles. The molecule has 3 fully saturated rings. The standard InChI is InChI=1S/C30H41NO2Si/c1-28(2,3)34(25-12-8-6-9-13-25,26-14-10-7-11-15-26)33-24-29-17-20-30(21-18-29,22-19-29)27(32)16-23-31(4)5/h6-16,23H,17-22,24H2,1-5H3/b23-16-. The van der Waals surface area contributed by atoms with Gasteiger partial charge in [-0.05, 0) is 65.4 Å². The Bertz CT molecular complexity index is 943. The molecule has 0 unspecified atom stereocenters. The van der Waals surface area contributed by atoms with Crippen LogP contribution in [0.4, 0.5) is 0 Å². The molecule has 0 spiro atoms. The van der Waals surface area contributed by atoms with Crippen molar-refractivity contribution in [2.45, 2.75) is 64.3 Å². The summed E-state index contributed by atoms with van der Waals surface area (Å²) in [6.07, 6.45) is 9.96. The van der Waals surface area contributed by atoms with Crippen molar-refractivity contribution in [1.82, 2.24) is 4.90 Å². The van der Waals surface area contributed by atoms with Crippen LogP contribution in [0.5, 0.6) is 0 Å². The largest absolute Gasteiger partial charge is 0.407 e. The summed E-state index contributed by atoms with van der Waals surface area (Å²) < 4.78 is 7.33. The number of nitrogens with zero attached hydrogens (tertiary/aromatic N) is 1. The topological polar surface area (TPSA) is 29.5 Å². The van der Waals surface area contributed by atoms with Crippen molar-refractivity contribution in [1.29, 1.82) is 0 Å². The maximum atomic E-state index is 13.1. The van der Waals surface area contributed by atoms with Gasteiger partial charge in [-0.2, -0.15) is 0 Å². The van der Waals surface area contributed by atoms with Crippen molar-refractivity contribution < 1.29 is 9.22 Å². The van der Waals surface area contributed by atoms with Gasteiger partial charge in [0, 0.05) is 32.3 Å². The van der Waals surface area contributed by atoms with Crippen LogP contribution in [0.2, 0.25) is 5.04 Å². The average molecular weight is 476 g/mol. The van der Waals surface area contributed by atoms with E-state index in [4.69, 9.17) is 4.43 Å². The van der Waals surface area contributed by atoms with E-state index in [0.29, 0.717) is 5.78 Å². The van der Waals surface area contributed by atoms with E-state index in [1.54, 1.807) is 6.08 Å². The molecule has 0 aromatic heterocycles. The van der Waals surface area contributed by atoms with Crippen LogP contribution >= 0.6 is 0 Å². The zero-order valence-corrected chi connectivity index (χ0v) is 22.6. The fraction of sp³-hybridized carbons (Fsp3) is 0.500. The number of rotatable bonds is 8. The number of benzene rings is 2. The van der Waals surface area contributed by atoms with Gasteiger partial charge in [0.25, 0.3) is 8.32 Å². The number of ketones is 1. The molecule has 3 aliphatic rings. The molecule has 0 amide bonds. The molecule has 34 heavy (non-hydrogen) atoms. The van der Waals surface area contributed by atoms with Gasteiger partial charge in [-0.25, -0.2) is 0 Å². The number of hydrogen-bond donors (Lipinski definition) is 0. The fourth-order valence-corrected chi connectivity index (χ4v) is 10.9. The molecule has 3 aliphatic carbocycles. The molecule has 5 rings (SSSR count). The predicted molar refractivity (Wildman–Crippen MR) is 144 cm³/mol. The van der Waals surface area contributed by atoms with Gasteiger partial charge in [0.1, 0.15) is 0 Å². The summed E-state index contributed by atoms with van der Waals surface area (Å²) in [6.45, 7) is 7.83. The smallest absolute Gasteiger partial charge is 0.261 e. The first-order chi connectivity index (χ1) is 16.1. The third-order valence-corrected chi connectivity index (χ3v) is 13.4. The van der Waals surface area contributed by atoms with Crippen LogP contribution in [0.3, 0.4) is 0 Å². The van der Waals surface area contributed by atoms with Crippen LogP contribution < -0.4 is 10.4 Å². The third-order valence-electron chi connectivity index (χ3n) is 8.46. The number of carbonyl (C=O) groups is 1. The molecule has 0 radical (unpaired) electrons. The van der Waals surface area contributed by atoms with E-state index >= 15 is 0 Å². The van der Waals surface area contributed by atoms with Gasteiger partial charge in [0.15, 0.2) is 5.78 Å². The summed E-state index contributed by atoms with van der Waals surface area (Å²) in [7, 11) is 1.41. The molecule has 2 bridgehead atoms. The first-order valence-corrected chi connectivity index (χ1v) is 14.7. The molecule has 2 aromatic carbocycles. The van der Waals surface area contributed by atoms with Crippen LogP contribution in [0.25, 0.3) is 0 Å². The highest BCUT2D eigenvalue weighted by Crippen LogP contribution is 2.58. The van der Waals surface area contributed by atoms with E-state index in [9.17, 15) is 4.79 Å². The molecule has 0 atom stereocenters. The number of hydrogen-bond acceptors (Lipinski definition) is 3. The summed E-state index contributed by atoms with van der Waals surface area (Å²) in [5, 5.41) is 2.68. The van der Waals surface area contributed by atoms with Crippen LogP contribution in [-0.2, 0) is 9.22 Å².